The van der Waals surface area contributed by atoms with Gasteiger partial charge in [0.15, 0.2) is 6.10 Å². The van der Waals surface area contributed by atoms with Crippen molar-refractivity contribution in [3.05, 3.63) is 194 Å². The minimum Gasteiger partial charge on any atom is -0.462 e. The van der Waals surface area contributed by atoms with E-state index < -0.39 is 12.1 Å². The number of rotatable bonds is 49. The van der Waals surface area contributed by atoms with E-state index in [2.05, 4.69) is 215 Å². The summed E-state index contributed by atoms with van der Waals surface area (Å²) < 4.78 is 16.6. The first-order chi connectivity index (χ1) is 37.0. The Morgan fingerprint density at radius 3 is 0.800 bits per heavy atom. The highest BCUT2D eigenvalue weighted by Gasteiger charge is 2.19. The van der Waals surface area contributed by atoms with Crippen molar-refractivity contribution in [2.45, 2.75) is 207 Å². The third kappa shape index (κ3) is 59.0. The lowest BCUT2D eigenvalue weighted by molar-refractivity contribution is -0.167. The summed E-state index contributed by atoms with van der Waals surface area (Å²) >= 11 is 0. The van der Waals surface area contributed by atoms with Crippen LogP contribution in [0.3, 0.4) is 0 Å². The second-order valence-corrected chi connectivity index (χ2v) is 18.1. The van der Waals surface area contributed by atoms with Gasteiger partial charge in [0, 0.05) is 19.3 Å². The van der Waals surface area contributed by atoms with Crippen molar-refractivity contribution in [2.24, 2.45) is 0 Å². The molecule has 0 heterocycles. The first kappa shape index (κ1) is 69.2. The van der Waals surface area contributed by atoms with Gasteiger partial charge in [-0.3, -0.25) is 14.4 Å². The molecule has 0 bridgehead atoms. The summed E-state index contributed by atoms with van der Waals surface area (Å²) in [4.78, 5) is 37.8. The zero-order valence-electron chi connectivity index (χ0n) is 47.2. The van der Waals surface area contributed by atoms with Crippen LogP contribution in [0.4, 0.5) is 0 Å². The third-order valence-electron chi connectivity index (χ3n) is 11.1. The van der Waals surface area contributed by atoms with Crippen molar-refractivity contribution in [2.75, 3.05) is 13.2 Å². The van der Waals surface area contributed by atoms with Gasteiger partial charge < -0.3 is 14.2 Å². The fraction of sp³-hybridized carbons (Fsp3) is 0.493. The van der Waals surface area contributed by atoms with Gasteiger partial charge in [-0.15, -0.1) is 0 Å². The molecule has 414 valence electrons. The van der Waals surface area contributed by atoms with E-state index in [9.17, 15) is 14.4 Å². The number of unbranched alkanes of at least 4 members (excludes halogenated alkanes) is 6. The molecule has 0 fully saturated rings. The minimum atomic E-state index is -0.840. The Morgan fingerprint density at radius 1 is 0.280 bits per heavy atom. The molecule has 0 spiro atoms. The van der Waals surface area contributed by atoms with Gasteiger partial charge in [0.05, 0.1) is 0 Å². The Balaban J connectivity index is 4.36. The van der Waals surface area contributed by atoms with Crippen LogP contribution in [0.5, 0.6) is 0 Å². The molecule has 0 amide bonds. The molecule has 0 aromatic carbocycles. The van der Waals surface area contributed by atoms with Crippen LogP contribution in [-0.2, 0) is 28.6 Å². The largest absolute Gasteiger partial charge is 0.462 e. The maximum Gasteiger partial charge on any atom is 0.306 e. The average molecular weight is 1030 g/mol. The van der Waals surface area contributed by atoms with Gasteiger partial charge in [0.2, 0.25) is 0 Å². The lowest BCUT2D eigenvalue weighted by atomic mass is 10.1. The first-order valence-corrected chi connectivity index (χ1v) is 28.9. The molecule has 0 radical (unpaired) electrons. The average Bonchev–Trinajstić information content (AvgIpc) is 3.41. The van der Waals surface area contributed by atoms with E-state index in [0.717, 1.165) is 148 Å². The molecular weight excluding hydrogens is 925 g/mol. The van der Waals surface area contributed by atoms with E-state index in [1.165, 1.54) is 0 Å². The molecule has 1 unspecified atom stereocenters. The Bertz CT molecular complexity index is 1850. The zero-order valence-corrected chi connectivity index (χ0v) is 47.2. The maximum atomic E-state index is 12.8. The van der Waals surface area contributed by atoms with E-state index in [-0.39, 0.29) is 38.0 Å². The number of hydrogen-bond donors (Lipinski definition) is 0. The smallest absolute Gasteiger partial charge is 0.306 e. The predicted molar refractivity (Wildman–Crippen MR) is 324 cm³/mol. The van der Waals surface area contributed by atoms with Gasteiger partial charge in [-0.05, 0) is 135 Å². The van der Waals surface area contributed by atoms with E-state index in [4.69, 9.17) is 14.2 Å². The van der Waals surface area contributed by atoms with Crippen molar-refractivity contribution in [3.8, 4) is 0 Å². The molecule has 0 saturated heterocycles. The lowest BCUT2D eigenvalue weighted by Crippen LogP contribution is -2.30. The number of carbonyl (C=O) groups is 3. The summed E-state index contributed by atoms with van der Waals surface area (Å²) in [6, 6.07) is 0. The normalized spacial score (nSPS) is 13.6. The number of carbonyl (C=O) groups excluding carboxylic acids is 3. The number of esters is 3. The zero-order chi connectivity index (χ0) is 54.3. The van der Waals surface area contributed by atoms with Gasteiger partial charge in [-0.2, -0.15) is 0 Å². The highest BCUT2D eigenvalue weighted by molar-refractivity contribution is 5.71. The summed E-state index contributed by atoms with van der Waals surface area (Å²) in [5, 5.41) is 0. The summed E-state index contributed by atoms with van der Waals surface area (Å²) in [6.07, 6.45) is 93.4. The molecule has 0 aliphatic rings. The van der Waals surface area contributed by atoms with Gasteiger partial charge in [0.1, 0.15) is 13.2 Å². The van der Waals surface area contributed by atoms with Crippen molar-refractivity contribution in [3.63, 3.8) is 0 Å². The maximum absolute atomic E-state index is 12.8. The number of ether oxygens (including phenoxy) is 3. The second-order valence-electron chi connectivity index (χ2n) is 18.1. The summed E-state index contributed by atoms with van der Waals surface area (Å²) in [7, 11) is 0. The third-order valence-corrected chi connectivity index (χ3v) is 11.1. The summed E-state index contributed by atoms with van der Waals surface area (Å²) in [5.41, 5.74) is 0. The van der Waals surface area contributed by atoms with Crippen LogP contribution in [-0.4, -0.2) is 37.2 Å². The molecule has 0 saturated carbocycles. The predicted octanol–water partition coefficient (Wildman–Crippen LogP) is 19.9. The topological polar surface area (TPSA) is 78.9 Å². The molecule has 1 atom stereocenters. The highest BCUT2D eigenvalue weighted by Crippen LogP contribution is 2.10. The molecule has 0 aromatic rings. The van der Waals surface area contributed by atoms with E-state index >= 15 is 0 Å². The van der Waals surface area contributed by atoms with Crippen molar-refractivity contribution < 1.29 is 28.6 Å². The molecule has 0 N–H and O–H groups in total. The molecule has 0 aliphatic carbocycles. The fourth-order valence-corrected chi connectivity index (χ4v) is 6.84. The van der Waals surface area contributed by atoms with Crippen LogP contribution < -0.4 is 0 Å². The van der Waals surface area contributed by atoms with E-state index in [0.29, 0.717) is 19.3 Å². The Labute approximate surface area is 458 Å². The molecular formula is C69H102O6. The molecule has 0 rings (SSSR count). The van der Waals surface area contributed by atoms with Crippen molar-refractivity contribution in [1.82, 2.24) is 0 Å². The van der Waals surface area contributed by atoms with Gasteiger partial charge in [-0.1, -0.05) is 241 Å². The van der Waals surface area contributed by atoms with Crippen LogP contribution in [0.15, 0.2) is 194 Å². The van der Waals surface area contributed by atoms with Crippen LogP contribution in [0.1, 0.15) is 201 Å². The fourth-order valence-electron chi connectivity index (χ4n) is 6.84. The summed E-state index contributed by atoms with van der Waals surface area (Å²) in [6.45, 7) is 6.19. The quantitative estimate of drug-likeness (QED) is 0.0261. The van der Waals surface area contributed by atoms with Gasteiger partial charge in [-0.25, -0.2) is 0 Å². The van der Waals surface area contributed by atoms with Crippen LogP contribution in [0.25, 0.3) is 0 Å². The monoisotopic (exact) mass is 1030 g/mol. The minimum absolute atomic E-state index is 0.131. The molecule has 0 aliphatic heterocycles. The first-order valence-electron chi connectivity index (χ1n) is 28.9. The van der Waals surface area contributed by atoms with Crippen LogP contribution >= 0.6 is 0 Å². The molecule has 6 heteroatoms. The lowest BCUT2D eigenvalue weighted by Gasteiger charge is -2.18. The SMILES string of the molecule is CC/C=C\C/C=C\C/C=C\C/C=C\C/C=C\C/C=C\C/C=C\C/C=C\C/C=C\CCCC(=O)OCC(COC(=O)CCCCCCC)OC(=O)CCC/C=C\C/C=C\C/C=C\C/C=C\C/C=C\C/C=C\C/C=C\CC. The summed E-state index contributed by atoms with van der Waals surface area (Å²) in [5.74, 6) is -1.08. The number of allylic oxidation sites excluding steroid dienone is 32. The molecule has 75 heavy (non-hydrogen) atoms. The Hall–Kier alpha value is -5.75. The number of hydrogen-bond acceptors (Lipinski definition) is 6. The van der Waals surface area contributed by atoms with Crippen LogP contribution in [0, 0.1) is 0 Å². The second kappa shape index (κ2) is 60.8. The Morgan fingerprint density at radius 2 is 0.520 bits per heavy atom. The van der Waals surface area contributed by atoms with Crippen molar-refractivity contribution >= 4 is 17.9 Å². The van der Waals surface area contributed by atoms with E-state index in [1.807, 2.05) is 0 Å². The van der Waals surface area contributed by atoms with Gasteiger partial charge >= 0.3 is 17.9 Å². The Kier molecular flexibility index (Phi) is 56.1. The highest BCUT2D eigenvalue weighted by atomic mass is 16.6. The van der Waals surface area contributed by atoms with E-state index in [1.54, 1.807) is 0 Å². The molecule has 0 aromatic heterocycles. The molecule has 6 nitrogen and oxygen atoms in total. The van der Waals surface area contributed by atoms with Crippen LogP contribution in [0.2, 0.25) is 0 Å². The van der Waals surface area contributed by atoms with Gasteiger partial charge in [0.25, 0.3) is 0 Å². The van der Waals surface area contributed by atoms with Crippen molar-refractivity contribution in [1.29, 1.82) is 0 Å². The standard InChI is InChI=1S/C69H102O6/c1-4-7-10-13-15-17-19-21-23-25-27-29-31-32-33-34-35-36-38-39-41-43-45-47-49-51-53-56-59-62-68(71)74-65-66(64-73-67(70)61-58-55-12-9-6-3)75-69(72)63-60-57-54-52-50-48-46-44-42-40-37-30-28-26-24-22-20-18-16-14-11-8-5-2/h7-8,10-11,15-18,21-24,27-30,32-33,35-36,39-42,45-48,51-54,66H,4-6,9,12-14,19-20,25-26,31,34,37-38,43-44,49-50,55-65H2,1-3H3/b10-7-,11-8-,17-15-,18-16-,23-21-,24-22-,29-27-,30-28-,33-32-,36-35-,41-39-,42-40-,47-45-,48-46-,53-51-,54-52-.